The number of rotatable bonds is 9. The van der Waals surface area contributed by atoms with Gasteiger partial charge < -0.3 is 19.6 Å². The van der Waals surface area contributed by atoms with Crippen LogP contribution in [-0.2, 0) is 28.8 Å². The number of benzene rings is 1. The van der Waals surface area contributed by atoms with Crippen molar-refractivity contribution in [3.63, 3.8) is 0 Å². The summed E-state index contributed by atoms with van der Waals surface area (Å²) < 4.78 is 22.0. The first kappa shape index (κ1) is 23.4. The summed E-state index contributed by atoms with van der Waals surface area (Å²) in [5.74, 6) is 0.626. The second-order valence-electron chi connectivity index (χ2n) is 7.01. The lowest BCUT2D eigenvalue weighted by Crippen LogP contribution is -2.38. The standard InChI is InChI=1S/C20H19ClN5O5PS/c21-18-11-33-20(24-18)23-10-14-5-3-13(4-6-14)8-15-9-17(31-25-15)16-2-1-7-26(19(16)22)12-30-32(27,28)29/h1-7,9,11,22H,8,10,12H2,(H3,23,24,27,28,29). The van der Waals surface area contributed by atoms with Gasteiger partial charge in [-0.15, -0.1) is 11.3 Å². The minimum absolute atomic E-state index is 0.201. The van der Waals surface area contributed by atoms with Crippen molar-refractivity contribution in [2.45, 2.75) is 19.7 Å². The van der Waals surface area contributed by atoms with Crippen LogP contribution < -0.4 is 20.5 Å². The number of phosphoric acid groups is 1. The second kappa shape index (κ2) is 10.0. The van der Waals surface area contributed by atoms with E-state index >= 15 is 0 Å². The Morgan fingerprint density at radius 3 is 2.76 bits per heavy atom. The Morgan fingerprint density at radius 2 is 2.06 bits per heavy atom. The molecule has 0 aliphatic heterocycles. The third kappa shape index (κ3) is 6.38. The quantitative estimate of drug-likeness (QED) is 0.229. The van der Waals surface area contributed by atoms with E-state index in [9.17, 15) is 9.46 Å². The molecule has 1 atom stereocenters. The Labute approximate surface area is 197 Å². The minimum Gasteiger partial charge on any atom is -0.756 e. The van der Waals surface area contributed by atoms with Gasteiger partial charge in [-0.1, -0.05) is 41.0 Å². The average molecular weight is 508 g/mol. The highest BCUT2D eigenvalue weighted by atomic mass is 35.5. The van der Waals surface area contributed by atoms with Gasteiger partial charge in [0.15, 0.2) is 17.6 Å². The molecule has 4 aromatic rings. The zero-order valence-corrected chi connectivity index (χ0v) is 19.5. The Kier molecular flexibility index (Phi) is 7.08. The first-order chi connectivity index (χ1) is 15.8. The molecule has 3 aromatic heterocycles. The predicted octanol–water partition coefficient (Wildman–Crippen LogP) is 2.96. The molecule has 13 heteroatoms. The molecular weight excluding hydrogens is 489 g/mol. The number of nitrogens with zero attached hydrogens (tertiary/aromatic N) is 3. The van der Waals surface area contributed by atoms with Crippen molar-refractivity contribution in [3.8, 4) is 11.3 Å². The van der Waals surface area contributed by atoms with Gasteiger partial charge >= 0.3 is 0 Å². The smallest absolute Gasteiger partial charge is 0.285 e. The van der Waals surface area contributed by atoms with Crippen LogP contribution in [0.5, 0.6) is 0 Å². The molecule has 172 valence electrons. The summed E-state index contributed by atoms with van der Waals surface area (Å²) in [7, 11) is -4.87. The van der Waals surface area contributed by atoms with Crippen LogP contribution in [0, 0.1) is 0 Å². The molecule has 4 N–H and O–H groups in total. The first-order valence-corrected chi connectivity index (χ1v) is 12.4. The minimum atomic E-state index is -4.87. The van der Waals surface area contributed by atoms with Gasteiger partial charge in [0.25, 0.3) is 13.6 Å². The summed E-state index contributed by atoms with van der Waals surface area (Å²) in [5, 5.41) is 10.4. The average Bonchev–Trinajstić information content (AvgIpc) is 3.41. The summed E-state index contributed by atoms with van der Waals surface area (Å²) in [4.78, 5) is 23.8. The molecule has 0 spiro atoms. The van der Waals surface area contributed by atoms with Gasteiger partial charge in [0, 0.05) is 24.4 Å². The van der Waals surface area contributed by atoms with Gasteiger partial charge in [-0.2, -0.15) is 0 Å². The van der Waals surface area contributed by atoms with Crippen LogP contribution in [-0.4, -0.2) is 15.0 Å². The van der Waals surface area contributed by atoms with E-state index in [0.29, 0.717) is 35.1 Å². The Morgan fingerprint density at radius 1 is 1.30 bits per heavy atom. The number of hydrogen-bond acceptors (Lipinski definition) is 9. The lowest BCUT2D eigenvalue weighted by molar-refractivity contribution is -0.712. The van der Waals surface area contributed by atoms with Gasteiger partial charge in [-0.25, -0.2) is 9.55 Å². The van der Waals surface area contributed by atoms with E-state index < -0.39 is 14.6 Å². The molecule has 0 aliphatic rings. The van der Waals surface area contributed by atoms with E-state index in [1.54, 1.807) is 23.6 Å². The van der Waals surface area contributed by atoms with Crippen molar-refractivity contribution in [3.05, 3.63) is 76.0 Å². The number of nitrogens with two attached hydrogens (primary N) is 1. The SMILES string of the molecule is Nc1c(-c2cc(Cc3ccc(CNc4nc(Cl)cs4)cc3)no2)ccc[n+]1COP(=O)([O-])O. The van der Waals surface area contributed by atoms with Crippen LogP contribution in [0.2, 0.25) is 5.15 Å². The molecule has 0 fully saturated rings. The zero-order chi connectivity index (χ0) is 23.4. The number of nitrogens with one attached hydrogen (secondary N) is 1. The number of phosphoric ester groups is 1. The number of halogens is 1. The lowest BCUT2D eigenvalue weighted by atomic mass is 10.1. The van der Waals surface area contributed by atoms with E-state index in [4.69, 9.17) is 26.8 Å². The highest BCUT2D eigenvalue weighted by Gasteiger charge is 2.18. The van der Waals surface area contributed by atoms with Crippen molar-refractivity contribution >= 4 is 41.7 Å². The molecular formula is C20H19ClN5O5PS. The third-order valence-electron chi connectivity index (χ3n) is 4.63. The summed E-state index contributed by atoms with van der Waals surface area (Å²) in [6.45, 7) is 0.169. The maximum atomic E-state index is 10.8. The molecule has 0 aliphatic carbocycles. The van der Waals surface area contributed by atoms with E-state index in [0.717, 1.165) is 16.3 Å². The van der Waals surface area contributed by atoms with Gasteiger partial charge in [-0.3, -0.25) is 14.8 Å². The molecule has 0 saturated carbocycles. The van der Waals surface area contributed by atoms with E-state index in [1.165, 1.54) is 22.1 Å². The molecule has 1 aromatic carbocycles. The van der Waals surface area contributed by atoms with Gasteiger partial charge in [-0.05, 0) is 23.3 Å². The van der Waals surface area contributed by atoms with Gasteiger partial charge in [0.2, 0.25) is 0 Å². The number of hydrogen-bond donors (Lipinski definition) is 3. The summed E-state index contributed by atoms with van der Waals surface area (Å²) in [5.41, 5.74) is 9.47. The van der Waals surface area contributed by atoms with Crippen LogP contribution in [0.25, 0.3) is 11.3 Å². The van der Waals surface area contributed by atoms with E-state index in [1.807, 2.05) is 24.3 Å². The van der Waals surface area contributed by atoms with Crippen molar-refractivity contribution in [1.82, 2.24) is 10.1 Å². The van der Waals surface area contributed by atoms with Gasteiger partial charge in [0.05, 0.1) is 11.9 Å². The number of anilines is 2. The first-order valence-electron chi connectivity index (χ1n) is 9.62. The molecule has 0 amide bonds. The zero-order valence-electron chi connectivity index (χ0n) is 17.1. The molecule has 33 heavy (non-hydrogen) atoms. The largest absolute Gasteiger partial charge is 0.756 e. The fraction of sp³-hybridized carbons (Fsp3) is 0.150. The number of thiazole rings is 1. The molecule has 0 bridgehead atoms. The Balaban J connectivity index is 1.40. The molecule has 1 unspecified atom stereocenters. The van der Waals surface area contributed by atoms with Crippen molar-refractivity contribution in [1.29, 1.82) is 0 Å². The molecule has 0 saturated heterocycles. The summed E-state index contributed by atoms with van der Waals surface area (Å²) >= 11 is 7.28. The fourth-order valence-corrected chi connectivity index (χ4v) is 4.15. The topological polar surface area (TPSA) is 150 Å². The fourth-order valence-electron chi connectivity index (χ4n) is 3.04. The third-order valence-corrected chi connectivity index (χ3v) is 6.19. The summed E-state index contributed by atoms with van der Waals surface area (Å²) in [6.07, 6.45) is 2.07. The highest BCUT2D eigenvalue weighted by Crippen LogP contribution is 2.30. The number of aromatic nitrogens is 3. The summed E-state index contributed by atoms with van der Waals surface area (Å²) in [6, 6.07) is 13.2. The maximum absolute atomic E-state index is 10.8. The van der Waals surface area contributed by atoms with Crippen LogP contribution in [0.3, 0.4) is 0 Å². The van der Waals surface area contributed by atoms with Crippen LogP contribution in [0.4, 0.5) is 10.9 Å². The maximum Gasteiger partial charge on any atom is 0.285 e. The van der Waals surface area contributed by atoms with Crippen LogP contribution >= 0.6 is 30.8 Å². The van der Waals surface area contributed by atoms with Crippen molar-refractivity contribution in [2.24, 2.45) is 0 Å². The monoisotopic (exact) mass is 507 g/mol. The molecule has 4 rings (SSSR count). The highest BCUT2D eigenvalue weighted by molar-refractivity contribution is 7.44. The lowest BCUT2D eigenvalue weighted by Gasteiger charge is -2.14. The Bertz CT molecular complexity index is 1290. The van der Waals surface area contributed by atoms with Crippen molar-refractivity contribution < 1.29 is 28.0 Å². The molecule has 0 radical (unpaired) electrons. The second-order valence-corrected chi connectivity index (χ2v) is 9.45. The Hall–Kier alpha value is -2.79. The van der Waals surface area contributed by atoms with E-state index in [-0.39, 0.29) is 5.82 Å². The predicted molar refractivity (Wildman–Crippen MR) is 121 cm³/mol. The normalized spacial score (nSPS) is 13.1. The number of pyridine rings is 1. The van der Waals surface area contributed by atoms with Crippen LogP contribution in [0.15, 0.2) is 58.6 Å². The van der Waals surface area contributed by atoms with Crippen LogP contribution in [0.1, 0.15) is 16.8 Å². The van der Waals surface area contributed by atoms with Gasteiger partial charge in [0.1, 0.15) is 10.7 Å². The van der Waals surface area contributed by atoms with E-state index in [2.05, 4.69) is 20.0 Å². The number of nitrogen functional groups attached to an aromatic ring is 1. The molecule has 3 heterocycles. The molecule has 10 nitrogen and oxygen atoms in total. The van der Waals surface area contributed by atoms with Crippen molar-refractivity contribution in [2.75, 3.05) is 11.1 Å².